The third-order valence-corrected chi connectivity index (χ3v) is 3.15. The number of benzene rings is 1. The monoisotopic (exact) mass is 324 g/mol. The fourth-order valence-electron chi connectivity index (χ4n) is 2.00. The van der Waals surface area contributed by atoms with Crippen molar-refractivity contribution in [2.75, 3.05) is 12.4 Å². The molecule has 2 heterocycles. The summed E-state index contributed by atoms with van der Waals surface area (Å²) in [7, 11) is 1.38. The van der Waals surface area contributed by atoms with Gasteiger partial charge in [-0.1, -0.05) is 6.07 Å². The van der Waals surface area contributed by atoms with Gasteiger partial charge in [0.2, 0.25) is 12.2 Å². The molecule has 0 radical (unpaired) electrons. The number of methoxy groups -OCH3 is 1. The first-order chi connectivity index (χ1) is 11.8. The van der Waals surface area contributed by atoms with Crippen LogP contribution >= 0.6 is 0 Å². The van der Waals surface area contributed by atoms with Crippen LogP contribution in [0.3, 0.4) is 0 Å². The van der Waals surface area contributed by atoms with Crippen molar-refractivity contribution in [3.05, 3.63) is 66.7 Å². The second kappa shape index (κ2) is 7.49. The predicted molar refractivity (Wildman–Crippen MR) is 88.0 cm³/mol. The van der Waals surface area contributed by atoms with Crippen LogP contribution in [0.15, 0.2) is 61.1 Å². The van der Waals surface area contributed by atoms with Gasteiger partial charge in [-0.3, -0.25) is 0 Å². The smallest absolute Gasteiger partial charge is 0.246 e. The minimum Gasteiger partial charge on any atom is -0.437 e. The fourth-order valence-corrected chi connectivity index (χ4v) is 2.00. The van der Waals surface area contributed by atoms with Gasteiger partial charge in [0.25, 0.3) is 0 Å². The first kappa shape index (κ1) is 15.9. The van der Waals surface area contributed by atoms with E-state index >= 15 is 0 Å². The number of rotatable bonds is 6. The van der Waals surface area contributed by atoms with Gasteiger partial charge in [-0.2, -0.15) is 0 Å². The third kappa shape index (κ3) is 3.83. The van der Waals surface area contributed by atoms with Gasteiger partial charge in [-0.25, -0.2) is 15.0 Å². The lowest BCUT2D eigenvalue weighted by Gasteiger charge is -2.12. The van der Waals surface area contributed by atoms with Crippen LogP contribution in [0.4, 0.5) is 11.5 Å². The highest BCUT2D eigenvalue weighted by molar-refractivity contribution is 5.56. The summed E-state index contributed by atoms with van der Waals surface area (Å²) in [5.41, 5.74) is 1.09. The Morgan fingerprint density at radius 3 is 2.46 bits per heavy atom. The molecule has 0 saturated carbocycles. The normalized spacial score (nSPS) is 11.8. The van der Waals surface area contributed by atoms with Crippen LogP contribution in [0.5, 0.6) is 11.6 Å². The molecule has 0 amide bonds. The SMILES string of the molecule is COC(O)c1nccnc1Oc1ccc(Nc2ccccn2)cc1. The molecule has 3 aromatic rings. The molecular formula is C17H16N4O3. The summed E-state index contributed by atoms with van der Waals surface area (Å²) in [5.74, 6) is 1.51. The molecule has 0 aliphatic heterocycles. The molecule has 0 aliphatic rings. The number of aliphatic hydroxyl groups excluding tert-OH is 1. The van der Waals surface area contributed by atoms with Crippen LogP contribution in [-0.2, 0) is 4.74 Å². The lowest BCUT2D eigenvalue weighted by atomic mass is 10.3. The van der Waals surface area contributed by atoms with Gasteiger partial charge in [-0.15, -0.1) is 0 Å². The molecule has 0 spiro atoms. The van der Waals surface area contributed by atoms with Crippen LogP contribution < -0.4 is 10.1 Å². The van der Waals surface area contributed by atoms with E-state index in [1.54, 1.807) is 18.3 Å². The summed E-state index contributed by atoms with van der Waals surface area (Å²) in [5, 5.41) is 13.0. The number of anilines is 2. The molecule has 0 saturated heterocycles. The summed E-state index contributed by atoms with van der Waals surface area (Å²) >= 11 is 0. The van der Waals surface area contributed by atoms with Crippen molar-refractivity contribution in [3.63, 3.8) is 0 Å². The molecule has 1 atom stereocenters. The van der Waals surface area contributed by atoms with Crippen molar-refractivity contribution in [3.8, 4) is 11.6 Å². The van der Waals surface area contributed by atoms with Crippen molar-refractivity contribution in [1.29, 1.82) is 0 Å². The first-order valence-corrected chi connectivity index (χ1v) is 7.24. The van der Waals surface area contributed by atoms with E-state index in [1.807, 2.05) is 30.3 Å². The van der Waals surface area contributed by atoms with Crippen LogP contribution in [0, 0.1) is 0 Å². The van der Waals surface area contributed by atoms with Crippen molar-refractivity contribution in [2.45, 2.75) is 6.29 Å². The van der Waals surface area contributed by atoms with Gasteiger partial charge in [0.05, 0.1) is 0 Å². The maximum atomic E-state index is 9.77. The molecule has 7 nitrogen and oxygen atoms in total. The standard InChI is InChI=1S/C17H16N4O3/c1-23-17(22)15-16(20-11-10-19-15)24-13-7-5-12(6-8-13)21-14-4-2-3-9-18-14/h2-11,17,22H,1H3,(H,18,21). The highest BCUT2D eigenvalue weighted by atomic mass is 16.6. The zero-order valence-corrected chi connectivity index (χ0v) is 13.0. The Labute approximate surface area is 139 Å². The Balaban J connectivity index is 1.73. The van der Waals surface area contributed by atoms with E-state index in [9.17, 15) is 5.11 Å². The Kier molecular flexibility index (Phi) is 4.95. The lowest BCUT2D eigenvalue weighted by molar-refractivity contribution is -0.0812. The van der Waals surface area contributed by atoms with Crippen LogP contribution in [-0.4, -0.2) is 27.2 Å². The van der Waals surface area contributed by atoms with E-state index in [0.29, 0.717) is 5.75 Å². The second-order valence-corrected chi connectivity index (χ2v) is 4.80. The molecule has 2 aromatic heterocycles. The topological polar surface area (TPSA) is 89.4 Å². The number of hydrogen-bond donors (Lipinski definition) is 2. The number of aliphatic hydroxyl groups is 1. The highest BCUT2D eigenvalue weighted by Gasteiger charge is 2.16. The van der Waals surface area contributed by atoms with Gasteiger partial charge < -0.3 is 19.9 Å². The minimum absolute atomic E-state index is 0.192. The zero-order chi connectivity index (χ0) is 16.8. The van der Waals surface area contributed by atoms with Crippen molar-refractivity contribution < 1.29 is 14.6 Å². The largest absolute Gasteiger partial charge is 0.437 e. The lowest BCUT2D eigenvalue weighted by Crippen LogP contribution is -2.06. The van der Waals surface area contributed by atoms with Gasteiger partial charge in [0.1, 0.15) is 11.6 Å². The van der Waals surface area contributed by atoms with Gasteiger partial charge >= 0.3 is 0 Å². The average Bonchev–Trinajstić information content (AvgIpc) is 2.64. The number of ether oxygens (including phenoxy) is 2. The highest BCUT2D eigenvalue weighted by Crippen LogP contribution is 2.27. The Hall–Kier alpha value is -3.03. The summed E-state index contributed by atoms with van der Waals surface area (Å²) in [6, 6.07) is 12.9. The first-order valence-electron chi connectivity index (χ1n) is 7.24. The van der Waals surface area contributed by atoms with Crippen molar-refractivity contribution >= 4 is 11.5 Å². The molecule has 1 aromatic carbocycles. The van der Waals surface area contributed by atoms with E-state index in [1.165, 1.54) is 19.5 Å². The average molecular weight is 324 g/mol. The molecule has 1 unspecified atom stereocenters. The Bertz CT molecular complexity index is 781. The number of hydrogen-bond acceptors (Lipinski definition) is 7. The van der Waals surface area contributed by atoms with Crippen molar-refractivity contribution in [1.82, 2.24) is 15.0 Å². The maximum Gasteiger partial charge on any atom is 0.246 e. The van der Waals surface area contributed by atoms with E-state index < -0.39 is 6.29 Å². The zero-order valence-electron chi connectivity index (χ0n) is 13.0. The molecule has 3 rings (SSSR count). The summed E-state index contributed by atoms with van der Waals surface area (Å²) in [6.07, 6.45) is 3.47. The predicted octanol–water partition coefficient (Wildman–Crippen LogP) is 3.04. The molecule has 0 bridgehead atoms. The second-order valence-electron chi connectivity index (χ2n) is 4.80. The Morgan fingerprint density at radius 1 is 0.958 bits per heavy atom. The molecule has 0 fully saturated rings. The molecule has 0 aliphatic carbocycles. The van der Waals surface area contributed by atoms with E-state index in [2.05, 4.69) is 20.3 Å². The maximum absolute atomic E-state index is 9.77. The minimum atomic E-state index is -1.20. The summed E-state index contributed by atoms with van der Waals surface area (Å²) < 4.78 is 10.5. The number of nitrogens with one attached hydrogen (secondary N) is 1. The summed E-state index contributed by atoms with van der Waals surface area (Å²) in [4.78, 5) is 12.3. The molecule has 7 heteroatoms. The van der Waals surface area contributed by atoms with Gasteiger partial charge in [0, 0.05) is 31.4 Å². The molecule has 2 N–H and O–H groups in total. The number of nitrogens with zero attached hydrogens (tertiary/aromatic N) is 3. The molecule has 24 heavy (non-hydrogen) atoms. The van der Waals surface area contributed by atoms with Crippen LogP contribution in [0.2, 0.25) is 0 Å². The van der Waals surface area contributed by atoms with Gasteiger partial charge in [0.15, 0.2) is 5.69 Å². The van der Waals surface area contributed by atoms with E-state index in [0.717, 1.165) is 11.5 Å². The van der Waals surface area contributed by atoms with Crippen molar-refractivity contribution in [2.24, 2.45) is 0 Å². The summed E-state index contributed by atoms with van der Waals surface area (Å²) in [6.45, 7) is 0. The van der Waals surface area contributed by atoms with Gasteiger partial charge in [-0.05, 0) is 36.4 Å². The molecule has 122 valence electrons. The fraction of sp³-hybridized carbons (Fsp3) is 0.118. The number of pyridine rings is 1. The van der Waals surface area contributed by atoms with E-state index in [-0.39, 0.29) is 11.6 Å². The van der Waals surface area contributed by atoms with E-state index in [4.69, 9.17) is 9.47 Å². The Morgan fingerprint density at radius 2 is 1.75 bits per heavy atom. The molecular weight excluding hydrogens is 308 g/mol. The third-order valence-electron chi connectivity index (χ3n) is 3.15. The van der Waals surface area contributed by atoms with Crippen LogP contribution in [0.1, 0.15) is 12.0 Å². The van der Waals surface area contributed by atoms with Crippen LogP contribution in [0.25, 0.3) is 0 Å². The quantitative estimate of drug-likeness (QED) is 0.674. The number of aromatic nitrogens is 3.